The van der Waals surface area contributed by atoms with Crippen molar-refractivity contribution in [1.29, 1.82) is 0 Å². The highest BCUT2D eigenvalue weighted by atomic mass is 32.2. The van der Waals surface area contributed by atoms with Crippen LogP contribution in [-0.2, 0) is 56.9 Å². The molecule has 1 atom stereocenters. The first-order chi connectivity index (χ1) is 18.7. The number of pyridine rings is 2. The topological polar surface area (TPSA) is 168 Å². The summed E-state index contributed by atoms with van der Waals surface area (Å²) in [7, 11) is -6.80. The molecule has 216 valence electrons. The quantitative estimate of drug-likeness (QED) is 0.179. The Hall–Kier alpha value is -3.17. The van der Waals surface area contributed by atoms with Gasteiger partial charge in [-0.3, -0.25) is 13.2 Å². The highest BCUT2D eigenvalue weighted by Gasteiger charge is 2.45. The van der Waals surface area contributed by atoms with Crippen molar-refractivity contribution >= 4 is 37.1 Å². The molecule has 2 aromatic heterocycles. The predicted octanol–water partition coefficient (Wildman–Crippen LogP) is 1.80. The summed E-state index contributed by atoms with van der Waals surface area (Å²) < 4.78 is 57.5. The zero-order valence-electron chi connectivity index (χ0n) is 22.2. The standard InChI is InChI=1S/C20H16N2O4.C6H14O6S2/c1-2-20(25)14-8-16-17-12(7-11-5-3-4-6-15(11)21-17)9-22(16)18(23)13(14)10-26-19(20)24;1-13(7,8)11-5-3-4-6-12-14(2,9)10/h3-8,25H,2,9-10H2,1H3;3-6H2,1-2H3/t20-;/m0./s1. The molecular weight excluding hydrogens is 564 g/mol. The third kappa shape index (κ3) is 6.41. The molecule has 2 aliphatic heterocycles. The summed E-state index contributed by atoms with van der Waals surface area (Å²) in [4.78, 5) is 29.9. The molecule has 1 N–H and O–H groups in total. The van der Waals surface area contributed by atoms with Gasteiger partial charge in [-0.15, -0.1) is 0 Å². The Bertz CT molecular complexity index is 1700. The van der Waals surface area contributed by atoms with Crippen molar-refractivity contribution in [2.24, 2.45) is 0 Å². The molecule has 5 rings (SSSR count). The van der Waals surface area contributed by atoms with Crippen LogP contribution in [0.3, 0.4) is 0 Å². The minimum Gasteiger partial charge on any atom is -0.458 e. The van der Waals surface area contributed by atoms with Crippen LogP contribution in [-0.4, -0.2) is 63.2 Å². The normalized spacial score (nSPS) is 17.9. The smallest absolute Gasteiger partial charge is 0.343 e. The molecule has 2 aliphatic rings. The molecule has 0 fully saturated rings. The van der Waals surface area contributed by atoms with Crippen LogP contribution in [0.15, 0.2) is 41.2 Å². The van der Waals surface area contributed by atoms with Gasteiger partial charge in [-0.2, -0.15) is 16.8 Å². The van der Waals surface area contributed by atoms with Crippen LogP contribution in [0.5, 0.6) is 0 Å². The van der Waals surface area contributed by atoms with E-state index in [2.05, 4.69) is 8.37 Å². The van der Waals surface area contributed by atoms with Crippen molar-refractivity contribution < 1.29 is 39.8 Å². The van der Waals surface area contributed by atoms with E-state index in [0.29, 0.717) is 36.2 Å². The van der Waals surface area contributed by atoms with Gasteiger partial charge in [-0.05, 0) is 37.5 Å². The van der Waals surface area contributed by atoms with Crippen molar-refractivity contribution in [1.82, 2.24) is 9.55 Å². The van der Waals surface area contributed by atoms with Crippen molar-refractivity contribution in [3.8, 4) is 11.4 Å². The number of rotatable bonds is 8. The number of benzene rings is 1. The van der Waals surface area contributed by atoms with Gasteiger partial charge < -0.3 is 14.4 Å². The number of cyclic esters (lactones) is 1. The molecule has 0 aliphatic carbocycles. The van der Waals surface area contributed by atoms with E-state index < -0.39 is 31.8 Å². The number of esters is 1. The number of para-hydroxylation sites is 1. The van der Waals surface area contributed by atoms with Gasteiger partial charge in [-0.1, -0.05) is 25.1 Å². The molecule has 12 nitrogen and oxygen atoms in total. The Morgan fingerprint density at radius 3 is 2.25 bits per heavy atom. The summed E-state index contributed by atoms with van der Waals surface area (Å²) in [5.41, 5.74) is 1.81. The fraction of sp³-hybridized carbons (Fsp3) is 0.423. The highest BCUT2D eigenvalue weighted by Crippen LogP contribution is 2.38. The number of aromatic nitrogens is 2. The monoisotopic (exact) mass is 594 g/mol. The second kappa shape index (κ2) is 11.4. The van der Waals surface area contributed by atoms with Crippen LogP contribution in [0.2, 0.25) is 0 Å². The molecule has 40 heavy (non-hydrogen) atoms. The Morgan fingerprint density at radius 1 is 1.02 bits per heavy atom. The largest absolute Gasteiger partial charge is 0.458 e. The van der Waals surface area contributed by atoms with E-state index in [1.807, 2.05) is 30.3 Å². The van der Waals surface area contributed by atoms with E-state index in [0.717, 1.165) is 34.7 Å². The van der Waals surface area contributed by atoms with Crippen LogP contribution in [0, 0.1) is 0 Å². The Kier molecular flexibility index (Phi) is 8.47. The second-order valence-electron chi connectivity index (χ2n) is 9.55. The number of aliphatic hydroxyl groups is 1. The molecule has 4 heterocycles. The lowest BCUT2D eigenvalue weighted by molar-refractivity contribution is -0.172. The van der Waals surface area contributed by atoms with E-state index in [4.69, 9.17) is 9.72 Å². The first kappa shape index (κ1) is 29.8. The maximum atomic E-state index is 13.0. The lowest BCUT2D eigenvalue weighted by Gasteiger charge is -2.31. The number of unbranched alkanes of at least 4 members (excludes halogenated alkanes) is 1. The minimum absolute atomic E-state index is 0.0476. The highest BCUT2D eigenvalue weighted by molar-refractivity contribution is 7.86. The molecule has 0 spiro atoms. The van der Waals surface area contributed by atoms with Crippen molar-refractivity contribution in [2.45, 2.75) is 44.9 Å². The molecule has 0 amide bonds. The third-order valence-electron chi connectivity index (χ3n) is 6.55. The van der Waals surface area contributed by atoms with Gasteiger partial charge in [0.1, 0.15) is 6.61 Å². The van der Waals surface area contributed by atoms with Crippen molar-refractivity contribution in [2.75, 3.05) is 25.7 Å². The fourth-order valence-electron chi connectivity index (χ4n) is 4.55. The molecule has 0 bridgehead atoms. The molecule has 0 unspecified atom stereocenters. The van der Waals surface area contributed by atoms with Crippen LogP contribution < -0.4 is 5.56 Å². The van der Waals surface area contributed by atoms with E-state index in [9.17, 15) is 31.5 Å². The first-order valence-corrected chi connectivity index (χ1v) is 16.1. The van der Waals surface area contributed by atoms with Crippen LogP contribution in [0.1, 0.15) is 42.9 Å². The lowest BCUT2D eigenvalue weighted by Crippen LogP contribution is -2.44. The lowest BCUT2D eigenvalue weighted by atomic mass is 9.86. The van der Waals surface area contributed by atoms with Gasteiger partial charge in [0, 0.05) is 16.5 Å². The summed E-state index contributed by atoms with van der Waals surface area (Å²) >= 11 is 0. The number of ether oxygens (including phenoxy) is 1. The van der Waals surface area contributed by atoms with Crippen LogP contribution in [0.4, 0.5) is 0 Å². The van der Waals surface area contributed by atoms with Crippen LogP contribution >= 0.6 is 0 Å². The number of hydrogen-bond acceptors (Lipinski definition) is 11. The number of carbonyl (C=O) groups is 1. The van der Waals surface area contributed by atoms with E-state index in [1.54, 1.807) is 17.6 Å². The molecule has 0 saturated heterocycles. The summed E-state index contributed by atoms with van der Waals surface area (Å²) in [5.74, 6) is -0.707. The van der Waals surface area contributed by atoms with Crippen molar-refractivity contribution in [3.05, 3.63) is 63.4 Å². The Balaban J connectivity index is 0.000000227. The fourth-order valence-corrected chi connectivity index (χ4v) is 5.39. The van der Waals surface area contributed by atoms with Gasteiger partial charge >= 0.3 is 5.97 Å². The third-order valence-corrected chi connectivity index (χ3v) is 7.74. The number of nitrogens with zero attached hydrogens (tertiary/aromatic N) is 2. The van der Waals surface area contributed by atoms with E-state index in [-0.39, 0.29) is 31.8 Å². The van der Waals surface area contributed by atoms with Gasteiger partial charge in [-0.25, -0.2) is 9.78 Å². The first-order valence-electron chi connectivity index (χ1n) is 12.5. The van der Waals surface area contributed by atoms with E-state index in [1.165, 1.54) is 0 Å². The van der Waals surface area contributed by atoms with Crippen LogP contribution in [0.25, 0.3) is 22.3 Å². The Morgan fingerprint density at radius 2 is 1.65 bits per heavy atom. The predicted molar refractivity (Wildman–Crippen MR) is 145 cm³/mol. The number of carbonyl (C=O) groups excluding carboxylic acids is 1. The van der Waals surface area contributed by atoms with E-state index >= 15 is 0 Å². The van der Waals surface area contributed by atoms with Crippen molar-refractivity contribution in [3.63, 3.8) is 0 Å². The second-order valence-corrected chi connectivity index (χ2v) is 12.8. The summed E-state index contributed by atoms with van der Waals surface area (Å²) in [6.07, 6.45) is 2.92. The summed E-state index contributed by atoms with van der Waals surface area (Å²) in [5, 5.41) is 11.8. The molecule has 0 saturated carbocycles. The zero-order chi connectivity index (χ0) is 29.3. The average molecular weight is 595 g/mol. The number of hydrogen-bond donors (Lipinski definition) is 1. The molecular formula is C26H30N2O10S2. The molecule has 1 aromatic carbocycles. The zero-order valence-corrected chi connectivity index (χ0v) is 23.9. The molecule has 14 heteroatoms. The maximum absolute atomic E-state index is 13.0. The minimum atomic E-state index is -3.40. The van der Waals surface area contributed by atoms with Gasteiger partial charge in [0.2, 0.25) is 0 Å². The maximum Gasteiger partial charge on any atom is 0.343 e. The summed E-state index contributed by atoms with van der Waals surface area (Å²) in [6, 6.07) is 11.6. The molecule has 0 radical (unpaired) electrons. The number of fused-ring (bicyclic) bond motifs is 5. The molecule has 3 aromatic rings. The summed E-state index contributed by atoms with van der Waals surface area (Å²) in [6.45, 7) is 2.10. The van der Waals surface area contributed by atoms with Gasteiger partial charge in [0.15, 0.2) is 5.60 Å². The Labute approximate surface area is 231 Å². The SMILES string of the molecule is CC[C@@]1(O)C(=O)OCc2c1cc1n(c2=O)Cc2cc3ccccc3nc2-1.CS(=O)(=O)OCCCCOS(C)(=O)=O. The van der Waals surface area contributed by atoms with Gasteiger partial charge in [0.05, 0.1) is 54.7 Å². The van der Waals surface area contributed by atoms with Gasteiger partial charge in [0.25, 0.3) is 25.8 Å². The average Bonchev–Trinajstić information content (AvgIpc) is 3.24.